The lowest BCUT2D eigenvalue weighted by Gasteiger charge is -2.37. The number of hydrogen-bond acceptors (Lipinski definition) is 1. The first-order valence-electron chi connectivity index (χ1n) is 8.41. The smallest absolute Gasteiger partial charge is 0.000966 e. The summed E-state index contributed by atoms with van der Waals surface area (Å²) in [5.41, 5.74) is 0. The van der Waals surface area contributed by atoms with Crippen molar-refractivity contribution >= 4 is 0 Å². The Labute approximate surface area is 114 Å². The highest BCUT2D eigenvalue weighted by Gasteiger charge is 2.25. The molecule has 0 atom stereocenters. The van der Waals surface area contributed by atoms with Crippen molar-refractivity contribution in [1.82, 2.24) is 4.90 Å². The Morgan fingerprint density at radius 3 is 1.94 bits per heavy atom. The molecule has 2 fully saturated rings. The third-order valence-corrected chi connectivity index (χ3v) is 5.64. The van der Waals surface area contributed by atoms with Gasteiger partial charge in [0.1, 0.15) is 0 Å². The van der Waals surface area contributed by atoms with Gasteiger partial charge in [-0.25, -0.2) is 0 Å². The van der Waals surface area contributed by atoms with E-state index in [1.165, 1.54) is 64.6 Å². The highest BCUT2D eigenvalue weighted by molar-refractivity contribution is 4.79. The van der Waals surface area contributed by atoms with E-state index in [1.54, 1.807) is 0 Å². The second kappa shape index (κ2) is 6.93. The van der Waals surface area contributed by atoms with Crippen LogP contribution in [0.25, 0.3) is 0 Å². The van der Waals surface area contributed by atoms with Crippen molar-refractivity contribution in [3.63, 3.8) is 0 Å². The molecule has 0 aromatic heterocycles. The zero-order valence-corrected chi connectivity index (χ0v) is 12.8. The SMILES string of the molecule is CCC1CCC(CN2CCC(C(C)C)CC2)CC1. The molecule has 2 aliphatic rings. The van der Waals surface area contributed by atoms with Gasteiger partial charge in [0.05, 0.1) is 0 Å². The van der Waals surface area contributed by atoms with Crippen molar-refractivity contribution < 1.29 is 0 Å². The summed E-state index contributed by atoms with van der Waals surface area (Å²) < 4.78 is 0. The predicted octanol–water partition coefficient (Wildman–Crippen LogP) is 4.57. The van der Waals surface area contributed by atoms with E-state index in [2.05, 4.69) is 25.7 Å². The van der Waals surface area contributed by atoms with Crippen LogP contribution in [0.1, 0.15) is 65.7 Å². The van der Waals surface area contributed by atoms with E-state index in [4.69, 9.17) is 0 Å². The third-order valence-electron chi connectivity index (χ3n) is 5.64. The largest absolute Gasteiger partial charge is 0.303 e. The predicted molar refractivity (Wildman–Crippen MR) is 79.7 cm³/mol. The maximum atomic E-state index is 2.76. The van der Waals surface area contributed by atoms with Gasteiger partial charge in [-0.2, -0.15) is 0 Å². The Kier molecular flexibility index (Phi) is 5.54. The monoisotopic (exact) mass is 251 g/mol. The van der Waals surface area contributed by atoms with Crippen LogP contribution in [-0.4, -0.2) is 24.5 Å². The minimum absolute atomic E-state index is 0.896. The molecular weight excluding hydrogens is 218 g/mol. The lowest BCUT2D eigenvalue weighted by atomic mass is 9.80. The quantitative estimate of drug-likeness (QED) is 0.707. The standard InChI is InChI=1S/C17H33N/c1-4-15-5-7-16(8-6-15)13-18-11-9-17(10-12-18)14(2)3/h14-17H,4-13H2,1-3H3. The normalized spacial score (nSPS) is 32.0. The summed E-state index contributed by atoms with van der Waals surface area (Å²) in [4.78, 5) is 2.76. The summed E-state index contributed by atoms with van der Waals surface area (Å²) in [6.45, 7) is 11.3. The van der Waals surface area contributed by atoms with Crippen molar-refractivity contribution in [1.29, 1.82) is 0 Å². The summed E-state index contributed by atoms with van der Waals surface area (Å²) in [6, 6.07) is 0. The van der Waals surface area contributed by atoms with Crippen molar-refractivity contribution in [2.24, 2.45) is 23.7 Å². The molecule has 1 saturated heterocycles. The van der Waals surface area contributed by atoms with Gasteiger partial charge in [-0.05, 0) is 62.4 Å². The number of piperidine rings is 1. The molecule has 106 valence electrons. The van der Waals surface area contributed by atoms with Gasteiger partial charge in [0, 0.05) is 6.54 Å². The Morgan fingerprint density at radius 1 is 0.889 bits per heavy atom. The molecule has 2 rings (SSSR count). The summed E-state index contributed by atoms with van der Waals surface area (Å²) in [6.07, 6.45) is 10.3. The molecule has 1 aliphatic carbocycles. The van der Waals surface area contributed by atoms with Crippen molar-refractivity contribution in [3.05, 3.63) is 0 Å². The van der Waals surface area contributed by atoms with E-state index in [0.717, 1.165) is 23.7 Å². The van der Waals surface area contributed by atoms with Crippen molar-refractivity contribution in [2.75, 3.05) is 19.6 Å². The van der Waals surface area contributed by atoms with Crippen LogP contribution in [0.2, 0.25) is 0 Å². The molecule has 1 heteroatoms. The maximum Gasteiger partial charge on any atom is 0.000966 e. The summed E-state index contributed by atoms with van der Waals surface area (Å²) >= 11 is 0. The van der Waals surface area contributed by atoms with Crippen LogP contribution in [0.3, 0.4) is 0 Å². The number of nitrogens with zero attached hydrogens (tertiary/aromatic N) is 1. The van der Waals surface area contributed by atoms with E-state index < -0.39 is 0 Å². The molecule has 0 spiro atoms. The first-order chi connectivity index (χ1) is 8.69. The van der Waals surface area contributed by atoms with Crippen LogP contribution < -0.4 is 0 Å². The Bertz CT molecular complexity index is 220. The lowest BCUT2D eigenvalue weighted by Crippen LogP contribution is -2.39. The van der Waals surface area contributed by atoms with Crippen molar-refractivity contribution in [2.45, 2.75) is 65.7 Å². The van der Waals surface area contributed by atoms with E-state index >= 15 is 0 Å². The molecule has 0 radical (unpaired) electrons. The summed E-state index contributed by atoms with van der Waals surface area (Å²) in [7, 11) is 0. The fourth-order valence-electron chi connectivity index (χ4n) is 3.99. The molecule has 0 unspecified atom stereocenters. The van der Waals surface area contributed by atoms with E-state index in [0.29, 0.717) is 0 Å². The van der Waals surface area contributed by atoms with Crippen LogP contribution >= 0.6 is 0 Å². The summed E-state index contributed by atoms with van der Waals surface area (Å²) in [5.74, 6) is 3.96. The fraction of sp³-hybridized carbons (Fsp3) is 1.00. The Balaban J connectivity index is 1.66. The van der Waals surface area contributed by atoms with Gasteiger partial charge in [0.25, 0.3) is 0 Å². The number of likely N-dealkylation sites (tertiary alicyclic amines) is 1. The molecular formula is C17H33N. The molecule has 0 N–H and O–H groups in total. The molecule has 0 aromatic rings. The van der Waals surface area contributed by atoms with Gasteiger partial charge in [0.15, 0.2) is 0 Å². The minimum Gasteiger partial charge on any atom is -0.303 e. The summed E-state index contributed by atoms with van der Waals surface area (Å²) in [5, 5.41) is 0. The number of hydrogen-bond donors (Lipinski definition) is 0. The molecule has 0 amide bonds. The Hall–Kier alpha value is -0.0400. The van der Waals surface area contributed by atoms with Gasteiger partial charge in [-0.1, -0.05) is 40.0 Å². The van der Waals surface area contributed by atoms with Gasteiger partial charge < -0.3 is 4.90 Å². The zero-order valence-electron chi connectivity index (χ0n) is 12.8. The van der Waals surface area contributed by atoms with Gasteiger partial charge in [-0.15, -0.1) is 0 Å². The molecule has 18 heavy (non-hydrogen) atoms. The molecule has 1 heterocycles. The number of rotatable bonds is 4. The van der Waals surface area contributed by atoms with Crippen LogP contribution in [0, 0.1) is 23.7 Å². The average molecular weight is 251 g/mol. The van der Waals surface area contributed by atoms with Crippen molar-refractivity contribution in [3.8, 4) is 0 Å². The second-order valence-corrected chi connectivity index (χ2v) is 7.18. The zero-order chi connectivity index (χ0) is 13.0. The van der Waals surface area contributed by atoms with Gasteiger partial charge >= 0.3 is 0 Å². The molecule has 0 aromatic carbocycles. The maximum absolute atomic E-state index is 2.76. The minimum atomic E-state index is 0.896. The van der Waals surface area contributed by atoms with Gasteiger partial charge in [-0.3, -0.25) is 0 Å². The highest BCUT2D eigenvalue weighted by Crippen LogP contribution is 2.32. The van der Waals surface area contributed by atoms with E-state index in [-0.39, 0.29) is 0 Å². The Morgan fingerprint density at radius 2 is 1.44 bits per heavy atom. The average Bonchev–Trinajstić information content (AvgIpc) is 2.40. The van der Waals surface area contributed by atoms with E-state index in [1.807, 2.05) is 0 Å². The van der Waals surface area contributed by atoms with Crippen LogP contribution in [-0.2, 0) is 0 Å². The molecule has 1 saturated carbocycles. The van der Waals surface area contributed by atoms with Crippen LogP contribution in [0.5, 0.6) is 0 Å². The first-order valence-corrected chi connectivity index (χ1v) is 8.41. The molecule has 1 aliphatic heterocycles. The topological polar surface area (TPSA) is 3.24 Å². The molecule has 0 bridgehead atoms. The third kappa shape index (κ3) is 3.98. The fourth-order valence-corrected chi connectivity index (χ4v) is 3.99. The van der Waals surface area contributed by atoms with Crippen LogP contribution in [0.4, 0.5) is 0 Å². The first kappa shape index (κ1) is 14.4. The highest BCUT2D eigenvalue weighted by atomic mass is 15.1. The second-order valence-electron chi connectivity index (χ2n) is 7.18. The van der Waals surface area contributed by atoms with Crippen LogP contribution in [0.15, 0.2) is 0 Å². The lowest BCUT2D eigenvalue weighted by molar-refractivity contribution is 0.121. The van der Waals surface area contributed by atoms with E-state index in [9.17, 15) is 0 Å². The van der Waals surface area contributed by atoms with Gasteiger partial charge in [0.2, 0.25) is 0 Å². The molecule has 1 nitrogen and oxygen atoms in total.